The predicted molar refractivity (Wildman–Crippen MR) is 63.0 cm³/mol. The molecule has 0 saturated heterocycles. The van der Waals surface area contributed by atoms with Gasteiger partial charge in [0, 0.05) is 13.0 Å². The maximum Gasteiger partial charge on any atom is 0.225 e. The van der Waals surface area contributed by atoms with Crippen LogP contribution in [0.5, 0.6) is 5.75 Å². The molecule has 15 heavy (non-hydrogen) atoms. The van der Waals surface area contributed by atoms with E-state index in [1.165, 1.54) is 0 Å². The van der Waals surface area contributed by atoms with E-state index in [0.29, 0.717) is 23.1 Å². The summed E-state index contributed by atoms with van der Waals surface area (Å²) in [5.41, 5.74) is 0.422. The molecule has 0 atom stereocenters. The lowest BCUT2D eigenvalue weighted by Crippen LogP contribution is -2.18. The molecule has 5 heteroatoms. The van der Waals surface area contributed by atoms with Crippen LogP contribution in [0.25, 0.3) is 0 Å². The molecule has 0 spiro atoms. The van der Waals surface area contributed by atoms with Gasteiger partial charge in [-0.25, -0.2) is 0 Å². The first-order valence-corrected chi connectivity index (χ1v) is 5.36. The Morgan fingerprint density at radius 1 is 1.53 bits per heavy atom. The zero-order valence-electron chi connectivity index (χ0n) is 8.38. The van der Waals surface area contributed by atoms with Crippen LogP contribution in [0.15, 0.2) is 22.7 Å². The summed E-state index contributed by atoms with van der Waals surface area (Å²) >= 11 is 3.17. The van der Waals surface area contributed by atoms with Crippen LogP contribution in [0.2, 0.25) is 0 Å². The number of amides is 1. The van der Waals surface area contributed by atoms with Crippen LogP contribution in [0.1, 0.15) is 6.42 Å². The predicted octanol–water partition coefficient (Wildman–Crippen LogP) is 1.70. The second kappa shape index (κ2) is 5.72. The number of para-hydroxylation sites is 1. The molecule has 82 valence electrons. The number of aromatic hydroxyl groups is 1. The molecule has 0 heterocycles. The molecule has 0 radical (unpaired) electrons. The van der Waals surface area contributed by atoms with E-state index in [0.717, 1.165) is 0 Å². The number of benzene rings is 1. The van der Waals surface area contributed by atoms with Crippen LogP contribution in [0, 0.1) is 0 Å². The van der Waals surface area contributed by atoms with Crippen LogP contribution in [-0.2, 0) is 4.79 Å². The summed E-state index contributed by atoms with van der Waals surface area (Å²) in [6.07, 6.45) is 0.377. The second-order valence-corrected chi connectivity index (χ2v) is 3.89. The molecule has 1 aromatic rings. The van der Waals surface area contributed by atoms with E-state index in [1.807, 2.05) is 0 Å². The third-order valence-corrected chi connectivity index (χ3v) is 2.50. The second-order valence-electron chi connectivity index (χ2n) is 3.04. The Balaban J connectivity index is 2.64. The minimum absolute atomic E-state index is 0.0512. The minimum atomic E-state index is -0.127. The van der Waals surface area contributed by atoms with Gasteiger partial charge in [-0.1, -0.05) is 6.07 Å². The third-order valence-electron chi connectivity index (χ3n) is 1.86. The Bertz CT molecular complexity index is 355. The van der Waals surface area contributed by atoms with E-state index < -0.39 is 0 Å². The van der Waals surface area contributed by atoms with Crippen LogP contribution in [-0.4, -0.2) is 24.6 Å². The summed E-state index contributed by atoms with van der Waals surface area (Å²) < 4.78 is 0.564. The molecule has 1 rings (SSSR count). The number of halogens is 1. The summed E-state index contributed by atoms with van der Waals surface area (Å²) in [5.74, 6) is -0.0759. The van der Waals surface area contributed by atoms with Gasteiger partial charge in [0.25, 0.3) is 0 Å². The highest BCUT2D eigenvalue weighted by molar-refractivity contribution is 9.10. The van der Waals surface area contributed by atoms with Crippen molar-refractivity contribution in [2.24, 2.45) is 0 Å². The number of hydrogen-bond acceptors (Lipinski definition) is 3. The van der Waals surface area contributed by atoms with Gasteiger partial charge < -0.3 is 15.7 Å². The summed E-state index contributed by atoms with van der Waals surface area (Å²) in [5, 5.41) is 15.1. The maximum atomic E-state index is 11.4. The Hall–Kier alpha value is -1.07. The zero-order valence-corrected chi connectivity index (χ0v) is 9.97. The average molecular weight is 273 g/mol. The molecule has 0 aliphatic carbocycles. The highest BCUT2D eigenvalue weighted by Crippen LogP contribution is 2.31. The monoisotopic (exact) mass is 272 g/mol. The van der Waals surface area contributed by atoms with Gasteiger partial charge in [0.15, 0.2) is 5.75 Å². The minimum Gasteiger partial charge on any atom is -0.505 e. The fraction of sp³-hybridized carbons (Fsp3) is 0.300. The van der Waals surface area contributed by atoms with Crippen LogP contribution in [0.4, 0.5) is 5.69 Å². The highest BCUT2D eigenvalue weighted by atomic mass is 79.9. The summed E-state index contributed by atoms with van der Waals surface area (Å²) in [7, 11) is 1.78. The van der Waals surface area contributed by atoms with Crippen molar-refractivity contribution in [3.05, 3.63) is 22.7 Å². The van der Waals surface area contributed by atoms with Crippen molar-refractivity contribution in [1.29, 1.82) is 0 Å². The number of rotatable bonds is 4. The zero-order chi connectivity index (χ0) is 11.3. The largest absolute Gasteiger partial charge is 0.505 e. The molecule has 0 aliphatic rings. The molecule has 1 amide bonds. The molecule has 0 fully saturated rings. The SMILES string of the molecule is CNCCC(=O)Nc1cccc(Br)c1O. The van der Waals surface area contributed by atoms with Gasteiger partial charge in [0.05, 0.1) is 10.2 Å². The summed E-state index contributed by atoms with van der Waals surface area (Å²) in [6, 6.07) is 5.10. The van der Waals surface area contributed by atoms with Crippen molar-refractivity contribution >= 4 is 27.5 Å². The molecular weight excluding hydrogens is 260 g/mol. The molecular formula is C10H13BrN2O2. The van der Waals surface area contributed by atoms with Crippen molar-refractivity contribution < 1.29 is 9.90 Å². The van der Waals surface area contributed by atoms with E-state index in [2.05, 4.69) is 26.6 Å². The van der Waals surface area contributed by atoms with Gasteiger partial charge in [0.1, 0.15) is 0 Å². The van der Waals surface area contributed by atoms with Gasteiger partial charge in [-0.2, -0.15) is 0 Å². The topological polar surface area (TPSA) is 61.4 Å². The van der Waals surface area contributed by atoms with Crippen molar-refractivity contribution in [3.8, 4) is 5.75 Å². The fourth-order valence-corrected chi connectivity index (χ4v) is 1.43. The molecule has 0 aliphatic heterocycles. The smallest absolute Gasteiger partial charge is 0.225 e. The van der Waals surface area contributed by atoms with Crippen LogP contribution >= 0.6 is 15.9 Å². The Kier molecular flexibility index (Phi) is 4.58. The van der Waals surface area contributed by atoms with Crippen molar-refractivity contribution in [2.75, 3.05) is 18.9 Å². The Morgan fingerprint density at radius 2 is 2.27 bits per heavy atom. The lowest BCUT2D eigenvalue weighted by atomic mass is 10.3. The first-order valence-electron chi connectivity index (χ1n) is 4.57. The average Bonchev–Trinajstić information content (AvgIpc) is 2.22. The number of carbonyl (C=O) groups is 1. The van der Waals surface area contributed by atoms with Crippen molar-refractivity contribution in [1.82, 2.24) is 5.32 Å². The lowest BCUT2D eigenvalue weighted by Gasteiger charge is -2.07. The molecule has 0 unspecified atom stereocenters. The van der Waals surface area contributed by atoms with Gasteiger partial charge in [-0.05, 0) is 35.1 Å². The molecule has 1 aromatic carbocycles. The molecule has 0 bridgehead atoms. The van der Waals surface area contributed by atoms with Crippen molar-refractivity contribution in [3.63, 3.8) is 0 Å². The fourth-order valence-electron chi connectivity index (χ4n) is 1.07. The Morgan fingerprint density at radius 3 is 2.93 bits per heavy atom. The van der Waals surface area contributed by atoms with E-state index >= 15 is 0 Å². The molecule has 0 aromatic heterocycles. The standard InChI is InChI=1S/C10H13BrN2O2/c1-12-6-5-9(14)13-8-4-2-3-7(11)10(8)15/h2-4,12,15H,5-6H2,1H3,(H,13,14). The third kappa shape index (κ3) is 3.53. The van der Waals surface area contributed by atoms with E-state index in [-0.39, 0.29) is 11.7 Å². The van der Waals surface area contributed by atoms with Crippen LogP contribution < -0.4 is 10.6 Å². The number of nitrogens with one attached hydrogen (secondary N) is 2. The van der Waals surface area contributed by atoms with Gasteiger partial charge in [-0.15, -0.1) is 0 Å². The van der Waals surface area contributed by atoms with Gasteiger partial charge in [-0.3, -0.25) is 4.79 Å². The number of carbonyl (C=O) groups excluding carboxylic acids is 1. The normalized spacial score (nSPS) is 10.0. The van der Waals surface area contributed by atoms with Gasteiger partial charge in [0.2, 0.25) is 5.91 Å². The molecule has 4 nitrogen and oxygen atoms in total. The van der Waals surface area contributed by atoms with E-state index in [1.54, 1.807) is 25.2 Å². The van der Waals surface area contributed by atoms with Gasteiger partial charge >= 0.3 is 0 Å². The lowest BCUT2D eigenvalue weighted by molar-refractivity contribution is -0.116. The van der Waals surface area contributed by atoms with E-state index in [9.17, 15) is 9.90 Å². The van der Waals surface area contributed by atoms with Crippen LogP contribution in [0.3, 0.4) is 0 Å². The summed E-state index contributed by atoms with van der Waals surface area (Å²) in [4.78, 5) is 11.4. The molecule has 0 saturated carbocycles. The number of phenols is 1. The maximum absolute atomic E-state index is 11.4. The summed E-state index contributed by atoms with van der Waals surface area (Å²) in [6.45, 7) is 0.612. The van der Waals surface area contributed by atoms with E-state index in [4.69, 9.17) is 0 Å². The highest BCUT2D eigenvalue weighted by Gasteiger charge is 2.07. The molecule has 3 N–H and O–H groups in total. The number of anilines is 1. The quantitative estimate of drug-likeness (QED) is 0.732. The first kappa shape index (κ1) is 12.0. The number of hydrogen-bond donors (Lipinski definition) is 3. The first-order chi connectivity index (χ1) is 7.15. The Labute approximate surface area is 96.8 Å². The van der Waals surface area contributed by atoms with Crippen molar-refractivity contribution in [2.45, 2.75) is 6.42 Å². The number of phenolic OH excluding ortho intramolecular Hbond substituents is 1.